The molecule has 2 aromatic carbocycles. The number of nitrogens with one attached hydrogen (secondary N) is 2. The molecule has 0 unspecified atom stereocenters. The number of hydrogen-bond acceptors (Lipinski definition) is 4. The summed E-state index contributed by atoms with van der Waals surface area (Å²) >= 11 is 0. The second kappa shape index (κ2) is 7.13. The molecule has 4 heteroatoms. The van der Waals surface area contributed by atoms with Gasteiger partial charge in [-0.3, -0.25) is 0 Å². The monoisotopic (exact) mass is 318 g/mol. The molecule has 0 aliphatic heterocycles. The minimum Gasteiger partial charge on any atom is -0.340 e. The van der Waals surface area contributed by atoms with Gasteiger partial charge in [0.2, 0.25) is 5.95 Å². The predicted octanol–water partition coefficient (Wildman–Crippen LogP) is 5.14. The van der Waals surface area contributed by atoms with Crippen molar-refractivity contribution in [2.75, 3.05) is 10.6 Å². The van der Waals surface area contributed by atoms with Gasteiger partial charge in [-0.1, -0.05) is 43.3 Å². The van der Waals surface area contributed by atoms with Gasteiger partial charge < -0.3 is 10.6 Å². The normalized spacial score (nSPS) is 10.5. The van der Waals surface area contributed by atoms with Crippen LogP contribution in [0, 0.1) is 13.8 Å². The number of para-hydroxylation sites is 2. The molecule has 0 spiro atoms. The number of anilines is 4. The van der Waals surface area contributed by atoms with Crippen molar-refractivity contribution in [3.8, 4) is 0 Å². The molecule has 1 aromatic heterocycles. The minimum atomic E-state index is 0.584. The molecule has 0 atom stereocenters. The zero-order chi connectivity index (χ0) is 16.9. The molecule has 0 amide bonds. The Hall–Kier alpha value is -2.88. The molecular formula is C20H22N4. The van der Waals surface area contributed by atoms with E-state index in [0.29, 0.717) is 5.95 Å². The Bertz CT molecular complexity index is 843. The van der Waals surface area contributed by atoms with Crippen LogP contribution in [0.3, 0.4) is 0 Å². The third-order valence-corrected chi connectivity index (χ3v) is 4.04. The molecular weight excluding hydrogens is 296 g/mol. The Morgan fingerprint density at radius 2 is 1.67 bits per heavy atom. The highest BCUT2D eigenvalue weighted by Crippen LogP contribution is 2.25. The summed E-state index contributed by atoms with van der Waals surface area (Å²) in [6, 6.07) is 16.3. The lowest BCUT2D eigenvalue weighted by Gasteiger charge is -2.14. The van der Waals surface area contributed by atoms with Gasteiger partial charge in [0.15, 0.2) is 0 Å². The standard InChI is InChI=1S/C20H22N4/c1-4-16-10-7-9-15(3)19(16)23-18-12-13-21-20(24-18)22-17-11-6-5-8-14(17)2/h5-13H,4H2,1-3H3,(H2,21,22,23,24). The van der Waals surface area contributed by atoms with E-state index in [1.54, 1.807) is 6.20 Å². The third-order valence-electron chi connectivity index (χ3n) is 4.04. The van der Waals surface area contributed by atoms with Gasteiger partial charge in [0.25, 0.3) is 0 Å². The average molecular weight is 318 g/mol. The molecule has 3 rings (SSSR count). The molecule has 4 nitrogen and oxygen atoms in total. The Kier molecular flexibility index (Phi) is 4.75. The van der Waals surface area contributed by atoms with Crippen LogP contribution in [0.2, 0.25) is 0 Å². The van der Waals surface area contributed by atoms with Gasteiger partial charge in [0.1, 0.15) is 5.82 Å². The van der Waals surface area contributed by atoms with Crippen LogP contribution in [0.15, 0.2) is 54.7 Å². The maximum absolute atomic E-state index is 4.59. The molecule has 0 fully saturated rings. The van der Waals surface area contributed by atoms with Gasteiger partial charge in [0, 0.05) is 17.6 Å². The molecule has 0 radical (unpaired) electrons. The summed E-state index contributed by atoms with van der Waals surface area (Å²) in [5.41, 5.74) is 5.79. The van der Waals surface area contributed by atoms with Crippen molar-refractivity contribution in [2.45, 2.75) is 27.2 Å². The molecule has 24 heavy (non-hydrogen) atoms. The number of benzene rings is 2. The van der Waals surface area contributed by atoms with Crippen LogP contribution in [0.25, 0.3) is 0 Å². The van der Waals surface area contributed by atoms with Crippen molar-refractivity contribution >= 4 is 23.1 Å². The summed E-state index contributed by atoms with van der Waals surface area (Å²) in [4.78, 5) is 8.91. The van der Waals surface area contributed by atoms with Crippen LogP contribution in [0.4, 0.5) is 23.1 Å². The number of aromatic nitrogens is 2. The van der Waals surface area contributed by atoms with Crippen molar-refractivity contribution < 1.29 is 0 Å². The van der Waals surface area contributed by atoms with E-state index >= 15 is 0 Å². The highest BCUT2D eigenvalue weighted by Gasteiger charge is 2.07. The zero-order valence-electron chi connectivity index (χ0n) is 14.3. The van der Waals surface area contributed by atoms with Crippen molar-refractivity contribution in [1.29, 1.82) is 0 Å². The second-order valence-electron chi connectivity index (χ2n) is 5.79. The van der Waals surface area contributed by atoms with Gasteiger partial charge in [-0.25, -0.2) is 4.98 Å². The summed E-state index contributed by atoms with van der Waals surface area (Å²) in [5, 5.41) is 6.72. The van der Waals surface area contributed by atoms with E-state index < -0.39 is 0 Å². The predicted molar refractivity (Wildman–Crippen MR) is 100 cm³/mol. The van der Waals surface area contributed by atoms with Crippen LogP contribution in [0.5, 0.6) is 0 Å². The lowest BCUT2D eigenvalue weighted by atomic mass is 10.1. The van der Waals surface area contributed by atoms with E-state index in [2.05, 4.69) is 65.6 Å². The highest BCUT2D eigenvalue weighted by molar-refractivity contribution is 5.66. The molecule has 122 valence electrons. The minimum absolute atomic E-state index is 0.584. The number of rotatable bonds is 5. The van der Waals surface area contributed by atoms with Crippen molar-refractivity contribution in [3.05, 3.63) is 71.4 Å². The number of aryl methyl sites for hydroxylation is 3. The van der Waals surface area contributed by atoms with Gasteiger partial charge in [-0.2, -0.15) is 4.98 Å². The highest BCUT2D eigenvalue weighted by atomic mass is 15.1. The maximum Gasteiger partial charge on any atom is 0.229 e. The van der Waals surface area contributed by atoms with Crippen molar-refractivity contribution in [2.24, 2.45) is 0 Å². The molecule has 2 N–H and O–H groups in total. The van der Waals surface area contributed by atoms with E-state index in [1.165, 1.54) is 11.1 Å². The van der Waals surface area contributed by atoms with E-state index in [9.17, 15) is 0 Å². The fraction of sp³-hybridized carbons (Fsp3) is 0.200. The van der Waals surface area contributed by atoms with E-state index in [-0.39, 0.29) is 0 Å². The Labute approximate surface area is 143 Å². The maximum atomic E-state index is 4.59. The van der Waals surface area contributed by atoms with Gasteiger partial charge in [0.05, 0.1) is 0 Å². The molecule has 0 saturated carbocycles. The summed E-state index contributed by atoms with van der Waals surface area (Å²) in [5.74, 6) is 1.37. The van der Waals surface area contributed by atoms with Crippen LogP contribution >= 0.6 is 0 Å². The molecule has 0 aliphatic carbocycles. The molecule has 1 heterocycles. The van der Waals surface area contributed by atoms with Crippen molar-refractivity contribution in [1.82, 2.24) is 9.97 Å². The lowest BCUT2D eigenvalue weighted by molar-refractivity contribution is 1.12. The Morgan fingerprint density at radius 1 is 0.875 bits per heavy atom. The van der Waals surface area contributed by atoms with Crippen molar-refractivity contribution in [3.63, 3.8) is 0 Å². The topological polar surface area (TPSA) is 49.8 Å². The fourth-order valence-electron chi connectivity index (χ4n) is 2.65. The van der Waals surface area contributed by atoms with E-state index in [1.807, 2.05) is 24.3 Å². The van der Waals surface area contributed by atoms with Gasteiger partial charge >= 0.3 is 0 Å². The van der Waals surface area contributed by atoms with E-state index in [0.717, 1.165) is 29.2 Å². The summed E-state index contributed by atoms with van der Waals surface area (Å²) in [7, 11) is 0. The first-order valence-electron chi connectivity index (χ1n) is 8.18. The van der Waals surface area contributed by atoms with Gasteiger partial charge in [-0.15, -0.1) is 0 Å². The smallest absolute Gasteiger partial charge is 0.229 e. The second-order valence-corrected chi connectivity index (χ2v) is 5.79. The van der Waals surface area contributed by atoms with E-state index in [4.69, 9.17) is 0 Å². The summed E-state index contributed by atoms with van der Waals surface area (Å²) in [6.07, 6.45) is 2.74. The number of hydrogen-bond donors (Lipinski definition) is 2. The molecule has 0 saturated heterocycles. The van der Waals surface area contributed by atoms with Crippen LogP contribution in [0.1, 0.15) is 23.6 Å². The lowest BCUT2D eigenvalue weighted by Crippen LogP contribution is -2.03. The first-order valence-corrected chi connectivity index (χ1v) is 8.18. The largest absolute Gasteiger partial charge is 0.340 e. The fourth-order valence-corrected chi connectivity index (χ4v) is 2.65. The Balaban J connectivity index is 1.85. The van der Waals surface area contributed by atoms with Crippen LogP contribution < -0.4 is 10.6 Å². The Morgan fingerprint density at radius 3 is 2.46 bits per heavy atom. The summed E-state index contributed by atoms with van der Waals surface area (Å²) in [6.45, 7) is 6.32. The molecule has 0 bridgehead atoms. The SMILES string of the molecule is CCc1cccc(C)c1Nc1ccnc(Nc2ccccc2C)n1. The quantitative estimate of drug-likeness (QED) is 0.683. The third kappa shape index (κ3) is 3.54. The zero-order valence-corrected chi connectivity index (χ0v) is 14.3. The first-order chi connectivity index (χ1) is 11.7. The average Bonchev–Trinajstić information content (AvgIpc) is 2.59. The van der Waals surface area contributed by atoms with Gasteiger partial charge in [-0.05, 0) is 49.1 Å². The van der Waals surface area contributed by atoms with Crippen LogP contribution in [-0.2, 0) is 6.42 Å². The summed E-state index contributed by atoms with van der Waals surface area (Å²) < 4.78 is 0. The number of nitrogens with zero attached hydrogens (tertiary/aromatic N) is 2. The van der Waals surface area contributed by atoms with Crippen LogP contribution in [-0.4, -0.2) is 9.97 Å². The molecule has 0 aliphatic rings. The first kappa shape index (κ1) is 16.0. The molecule has 3 aromatic rings.